The molecule has 7 heteroatoms. The van der Waals surface area contributed by atoms with Crippen molar-refractivity contribution in [1.82, 2.24) is 15.2 Å². The normalized spacial score (nSPS) is 22.1. The lowest BCUT2D eigenvalue weighted by molar-refractivity contribution is -0.120. The van der Waals surface area contributed by atoms with Gasteiger partial charge in [0.2, 0.25) is 11.8 Å². The average Bonchev–Trinajstić information content (AvgIpc) is 3.18. The molecule has 0 spiro atoms. The number of hydrogen-bond donors (Lipinski definition) is 1. The van der Waals surface area contributed by atoms with Gasteiger partial charge in [-0.1, -0.05) is 6.42 Å². The molecule has 2 aliphatic heterocycles. The summed E-state index contributed by atoms with van der Waals surface area (Å²) in [6, 6.07) is 0.620. The first kappa shape index (κ1) is 17.4. The van der Waals surface area contributed by atoms with Crippen LogP contribution in [0.3, 0.4) is 0 Å². The largest absolute Gasteiger partial charge is 0.354 e. The number of carbonyl (C=O) groups is 2. The Bertz CT molecular complexity index is 589. The fourth-order valence-electron chi connectivity index (χ4n) is 3.41. The summed E-state index contributed by atoms with van der Waals surface area (Å²) in [6.45, 7) is 5.74. The lowest BCUT2D eigenvalue weighted by Crippen LogP contribution is -2.42. The van der Waals surface area contributed by atoms with Crippen LogP contribution in [0.15, 0.2) is 5.38 Å². The van der Waals surface area contributed by atoms with E-state index in [2.05, 4.69) is 22.1 Å². The zero-order chi connectivity index (χ0) is 16.9. The molecule has 0 bridgehead atoms. The molecule has 2 amide bonds. The molecule has 1 aromatic rings. The number of thiazole rings is 1. The van der Waals surface area contributed by atoms with Crippen LogP contribution < -0.4 is 10.2 Å². The number of anilines is 1. The van der Waals surface area contributed by atoms with Crippen LogP contribution in [0.2, 0.25) is 0 Å². The van der Waals surface area contributed by atoms with Gasteiger partial charge in [0.05, 0.1) is 12.1 Å². The van der Waals surface area contributed by atoms with Gasteiger partial charge in [-0.3, -0.25) is 19.4 Å². The Balaban J connectivity index is 1.42. The van der Waals surface area contributed by atoms with Crippen molar-refractivity contribution in [3.8, 4) is 0 Å². The highest BCUT2D eigenvalue weighted by atomic mass is 32.1. The van der Waals surface area contributed by atoms with E-state index in [1.165, 1.54) is 30.6 Å². The molecule has 2 saturated heterocycles. The van der Waals surface area contributed by atoms with Crippen molar-refractivity contribution in [3.05, 3.63) is 11.1 Å². The first-order valence-corrected chi connectivity index (χ1v) is 9.77. The third-order valence-corrected chi connectivity index (χ3v) is 5.76. The van der Waals surface area contributed by atoms with Gasteiger partial charge in [-0.2, -0.15) is 0 Å². The van der Waals surface area contributed by atoms with Gasteiger partial charge in [-0.05, 0) is 32.7 Å². The Labute approximate surface area is 147 Å². The molecule has 0 aliphatic carbocycles. The summed E-state index contributed by atoms with van der Waals surface area (Å²) in [4.78, 5) is 32.4. The lowest BCUT2D eigenvalue weighted by atomic mass is 10.0. The Morgan fingerprint density at radius 3 is 3.00 bits per heavy atom. The summed E-state index contributed by atoms with van der Waals surface area (Å²) in [5.41, 5.74) is 0.749. The van der Waals surface area contributed by atoms with Crippen LogP contribution in [0.5, 0.6) is 0 Å². The van der Waals surface area contributed by atoms with Gasteiger partial charge in [0.1, 0.15) is 0 Å². The Hall–Kier alpha value is -1.47. The zero-order valence-corrected chi connectivity index (χ0v) is 15.1. The fourth-order valence-corrected chi connectivity index (χ4v) is 4.28. The number of carbonyl (C=O) groups excluding carboxylic acids is 2. The number of likely N-dealkylation sites (tertiary alicyclic amines) is 1. The van der Waals surface area contributed by atoms with Crippen LogP contribution in [0.1, 0.15) is 44.7 Å². The molecule has 1 N–H and O–H groups in total. The van der Waals surface area contributed by atoms with E-state index in [9.17, 15) is 9.59 Å². The van der Waals surface area contributed by atoms with Crippen molar-refractivity contribution in [3.63, 3.8) is 0 Å². The number of aromatic nitrogens is 1. The third-order valence-electron chi connectivity index (χ3n) is 4.85. The van der Waals surface area contributed by atoms with Crippen molar-refractivity contribution in [2.24, 2.45) is 0 Å². The van der Waals surface area contributed by atoms with E-state index >= 15 is 0 Å². The van der Waals surface area contributed by atoms with E-state index in [0.717, 1.165) is 36.9 Å². The highest BCUT2D eigenvalue weighted by molar-refractivity contribution is 7.14. The second kappa shape index (κ2) is 8.07. The molecular weight excluding hydrogens is 324 g/mol. The van der Waals surface area contributed by atoms with E-state index in [-0.39, 0.29) is 18.2 Å². The molecule has 1 atom stereocenters. The topological polar surface area (TPSA) is 65.5 Å². The van der Waals surface area contributed by atoms with Gasteiger partial charge in [-0.25, -0.2) is 4.98 Å². The first-order chi connectivity index (χ1) is 11.6. The number of hydrogen-bond acceptors (Lipinski definition) is 5. The maximum absolute atomic E-state index is 12.1. The summed E-state index contributed by atoms with van der Waals surface area (Å²) in [5, 5.41) is 5.60. The van der Waals surface area contributed by atoms with Crippen LogP contribution in [0.25, 0.3) is 0 Å². The molecular formula is C17H26N4O2S. The van der Waals surface area contributed by atoms with E-state index in [0.29, 0.717) is 19.0 Å². The van der Waals surface area contributed by atoms with Gasteiger partial charge >= 0.3 is 0 Å². The Kier molecular flexibility index (Phi) is 5.84. The minimum Gasteiger partial charge on any atom is -0.354 e. The van der Waals surface area contributed by atoms with E-state index in [1.807, 2.05) is 5.38 Å². The van der Waals surface area contributed by atoms with Crippen LogP contribution in [-0.2, 0) is 16.0 Å². The van der Waals surface area contributed by atoms with E-state index in [1.54, 1.807) is 4.90 Å². The minimum absolute atomic E-state index is 0.00395. The summed E-state index contributed by atoms with van der Waals surface area (Å²) in [7, 11) is 0. The third kappa shape index (κ3) is 4.33. The van der Waals surface area contributed by atoms with E-state index in [4.69, 9.17) is 0 Å². The van der Waals surface area contributed by atoms with Gasteiger partial charge in [0.15, 0.2) is 5.13 Å². The van der Waals surface area contributed by atoms with Crippen molar-refractivity contribution in [1.29, 1.82) is 0 Å². The van der Waals surface area contributed by atoms with E-state index < -0.39 is 0 Å². The summed E-state index contributed by atoms with van der Waals surface area (Å²) >= 11 is 1.45. The minimum atomic E-state index is 0.00395. The molecule has 3 rings (SSSR count). The van der Waals surface area contributed by atoms with Crippen LogP contribution in [-0.4, -0.2) is 53.9 Å². The molecule has 2 fully saturated rings. The standard InChI is InChI=1S/C17H26N4O2S/c1-13-5-2-3-8-20(13)10-7-18-15(22)11-14-12-24-17(19-14)21-9-4-6-16(21)23/h12-13H,2-11H2,1H3,(H,18,22). The van der Waals surface area contributed by atoms with Crippen LogP contribution in [0.4, 0.5) is 5.13 Å². The Morgan fingerprint density at radius 2 is 2.25 bits per heavy atom. The maximum atomic E-state index is 12.1. The number of amides is 2. The molecule has 1 unspecified atom stereocenters. The van der Waals surface area contributed by atoms with Crippen molar-refractivity contribution < 1.29 is 9.59 Å². The number of nitrogens with zero attached hydrogens (tertiary/aromatic N) is 3. The maximum Gasteiger partial charge on any atom is 0.228 e. The summed E-state index contributed by atoms with van der Waals surface area (Å²) < 4.78 is 0. The van der Waals surface area contributed by atoms with Gasteiger partial charge in [0.25, 0.3) is 0 Å². The smallest absolute Gasteiger partial charge is 0.228 e. The fraction of sp³-hybridized carbons (Fsp3) is 0.706. The molecule has 0 aromatic carbocycles. The second-order valence-electron chi connectivity index (χ2n) is 6.68. The molecule has 0 radical (unpaired) electrons. The van der Waals surface area contributed by atoms with Gasteiger partial charge in [0, 0.05) is 37.5 Å². The zero-order valence-electron chi connectivity index (χ0n) is 14.3. The van der Waals surface area contributed by atoms with Crippen molar-refractivity contribution in [2.45, 2.75) is 51.5 Å². The first-order valence-electron chi connectivity index (χ1n) is 8.89. The Morgan fingerprint density at radius 1 is 1.38 bits per heavy atom. The molecule has 24 heavy (non-hydrogen) atoms. The molecule has 2 aliphatic rings. The van der Waals surface area contributed by atoms with Crippen molar-refractivity contribution >= 4 is 28.3 Å². The van der Waals surface area contributed by atoms with Crippen molar-refractivity contribution in [2.75, 3.05) is 31.1 Å². The summed E-state index contributed by atoms with van der Waals surface area (Å²) in [6.07, 6.45) is 5.61. The van der Waals surface area contributed by atoms with Gasteiger partial charge in [-0.15, -0.1) is 11.3 Å². The SMILES string of the molecule is CC1CCCCN1CCNC(=O)Cc1csc(N2CCCC2=O)n1. The predicted octanol–water partition coefficient (Wildman–Crippen LogP) is 1.80. The summed E-state index contributed by atoms with van der Waals surface area (Å²) in [5.74, 6) is 0.139. The molecule has 0 saturated carbocycles. The molecule has 1 aromatic heterocycles. The average molecular weight is 350 g/mol. The highest BCUT2D eigenvalue weighted by Crippen LogP contribution is 2.25. The highest BCUT2D eigenvalue weighted by Gasteiger charge is 2.24. The van der Waals surface area contributed by atoms with Gasteiger partial charge < -0.3 is 5.32 Å². The monoisotopic (exact) mass is 350 g/mol. The number of nitrogens with one attached hydrogen (secondary N) is 1. The lowest BCUT2D eigenvalue weighted by Gasteiger charge is -2.33. The second-order valence-corrected chi connectivity index (χ2v) is 7.51. The molecule has 3 heterocycles. The molecule has 132 valence electrons. The number of rotatable bonds is 6. The quantitative estimate of drug-likeness (QED) is 0.850. The molecule has 6 nitrogen and oxygen atoms in total. The van der Waals surface area contributed by atoms with Crippen LogP contribution in [0, 0.1) is 0 Å². The predicted molar refractivity (Wildman–Crippen MR) is 95.3 cm³/mol. The van der Waals surface area contributed by atoms with Crippen LogP contribution >= 0.6 is 11.3 Å². The number of piperidine rings is 1.